The van der Waals surface area contributed by atoms with E-state index in [1.165, 1.54) is 0 Å². The van der Waals surface area contributed by atoms with Gasteiger partial charge < -0.3 is 14.6 Å². The molecule has 2 heterocycles. The molecule has 0 radical (unpaired) electrons. The average Bonchev–Trinajstić information content (AvgIpc) is 2.81. The number of nitrogens with one attached hydrogen (secondary N) is 1. The minimum absolute atomic E-state index is 0.236. The third kappa shape index (κ3) is 4.39. The molecule has 0 aromatic carbocycles. The van der Waals surface area contributed by atoms with Crippen molar-refractivity contribution >= 4 is 0 Å². The van der Waals surface area contributed by atoms with Gasteiger partial charge in [0.25, 0.3) is 5.56 Å². The second-order valence-corrected chi connectivity index (χ2v) is 4.99. The van der Waals surface area contributed by atoms with E-state index in [9.17, 15) is 27.2 Å². The van der Waals surface area contributed by atoms with E-state index in [-0.39, 0.29) is 12.0 Å². The minimum atomic E-state index is -4.55. The number of aromatic amines is 1. The Balaban J connectivity index is 2.17. The molecule has 3 unspecified atom stereocenters. The summed E-state index contributed by atoms with van der Waals surface area (Å²) in [6.07, 6.45) is -7.51. The highest BCUT2D eigenvalue weighted by molar-refractivity contribution is 5.04. The van der Waals surface area contributed by atoms with Gasteiger partial charge in [0.05, 0.1) is 18.8 Å². The Kier molecular flexibility index (Phi) is 5.22. The zero-order chi connectivity index (χ0) is 17.2. The number of aliphatic hydroxyl groups excluding tert-OH is 1. The van der Waals surface area contributed by atoms with Crippen molar-refractivity contribution in [1.82, 2.24) is 9.55 Å². The lowest BCUT2D eigenvalue weighted by Crippen LogP contribution is -2.34. The van der Waals surface area contributed by atoms with E-state index < -0.39 is 55.7 Å². The van der Waals surface area contributed by atoms with Crippen LogP contribution >= 0.6 is 0 Å². The number of ether oxygens (including phenoxy) is 2. The van der Waals surface area contributed by atoms with Gasteiger partial charge >= 0.3 is 11.9 Å². The minimum Gasteiger partial charge on any atom is -0.394 e. The third-order valence-electron chi connectivity index (χ3n) is 3.22. The van der Waals surface area contributed by atoms with Crippen LogP contribution in [0.3, 0.4) is 0 Å². The molecular weight excluding hydrogens is 328 g/mol. The first-order chi connectivity index (χ1) is 10.7. The fourth-order valence-electron chi connectivity index (χ4n) is 2.14. The zero-order valence-electron chi connectivity index (χ0n) is 11.7. The van der Waals surface area contributed by atoms with Gasteiger partial charge in [-0.15, -0.1) is 0 Å². The van der Waals surface area contributed by atoms with Gasteiger partial charge in [0, 0.05) is 12.6 Å². The number of hydrogen-bond donors (Lipinski definition) is 2. The van der Waals surface area contributed by atoms with Crippen molar-refractivity contribution in [2.24, 2.45) is 0 Å². The summed E-state index contributed by atoms with van der Waals surface area (Å²) in [5.41, 5.74) is -2.03. The second-order valence-electron chi connectivity index (χ2n) is 4.99. The zero-order valence-corrected chi connectivity index (χ0v) is 11.7. The number of hydrogen-bond acceptors (Lipinski definition) is 5. The SMILES string of the molecule is O=c1[nH]c(=O)n(C2CC(F)C(CO)O2)cc1COCC(F)(F)F. The molecule has 11 heteroatoms. The summed E-state index contributed by atoms with van der Waals surface area (Å²) in [5.74, 6) is 0. The molecule has 0 bridgehead atoms. The number of rotatable bonds is 5. The number of aromatic nitrogens is 2. The van der Waals surface area contributed by atoms with Crippen LogP contribution in [0.5, 0.6) is 0 Å². The number of aliphatic hydroxyl groups is 1. The van der Waals surface area contributed by atoms with Gasteiger partial charge in [-0.25, -0.2) is 9.18 Å². The molecule has 2 rings (SSSR count). The fraction of sp³-hybridized carbons (Fsp3) is 0.667. The molecule has 1 aliphatic heterocycles. The smallest absolute Gasteiger partial charge is 0.394 e. The van der Waals surface area contributed by atoms with Gasteiger partial charge in [0.1, 0.15) is 25.1 Å². The van der Waals surface area contributed by atoms with E-state index in [4.69, 9.17) is 9.84 Å². The highest BCUT2D eigenvalue weighted by Crippen LogP contribution is 2.29. The van der Waals surface area contributed by atoms with Gasteiger partial charge in [0.15, 0.2) is 0 Å². The highest BCUT2D eigenvalue weighted by Gasteiger charge is 2.36. The summed E-state index contributed by atoms with van der Waals surface area (Å²) in [7, 11) is 0. The highest BCUT2D eigenvalue weighted by atomic mass is 19.4. The number of nitrogens with zero attached hydrogens (tertiary/aromatic N) is 1. The molecule has 1 aliphatic rings. The monoisotopic (exact) mass is 342 g/mol. The maximum atomic E-state index is 13.5. The van der Waals surface area contributed by atoms with Crippen molar-refractivity contribution in [2.75, 3.05) is 13.2 Å². The van der Waals surface area contributed by atoms with Crippen LogP contribution in [-0.2, 0) is 16.1 Å². The summed E-state index contributed by atoms with van der Waals surface area (Å²) in [6, 6.07) is 0. The summed E-state index contributed by atoms with van der Waals surface area (Å²) in [5, 5.41) is 8.92. The van der Waals surface area contributed by atoms with E-state index >= 15 is 0 Å². The lowest BCUT2D eigenvalue weighted by molar-refractivity contribution is -0.176. The van der Waals surface area contributed by atoms with Crippen LogP contribution in [0.25, 0.3) is 0 Å². The Morgan fingerprint density at radius 1 is 1.43 bits per heavy atom. The Labute approximate surface area is 126 Å². The van der Waals surface area contributed by atoms with Crippen LogP contribution in [0.2, 0.25) is 0 Å². The molecule has 0 aliphatic carbocycles. The molecule has 130 valence electrons. The van der Waals surface area contributed by atoms with Crippen molar-refractivity contribution in [1.29, 1.82) is 0 Å². The third-order valence-corrected chi connectivity index (χ3v) is 3.22. The van der Waals surface area contributed by atoms with Crippen molar-refractivity contribution < 1.29 is 32.1 Å². The van der Waals surface area contributed by atoms with E-state index in [1.807, 2.05) is 4.98 Å². The standard InChI is InChI=1S/C12H14F4N2O5/c13-7-1-9(23-8(7)3-19)18-2-6(10(20)17-11(18)21)4-22-5-12(14,15)16/h2,7-9,19H,1,3-5H2,(H,17,20,21). The van der Waals surface area contributed by atoms with Crippen molar-refractivity contribution in [3.05, 3.63) is 32.6 Å². The molecule has 0 saturated carbocycles. The predicted molar refractivity (Wildman–Crippen MR) is 67.5 cm³/mol. The van der Waals surface area contributed by atoms with Crippen LogP contribution in [-0.4, -0.2) is 46.3 Å². The van der Waals surface area contributed by atoms with Gasteiger partial charge in [0.2, 0.25) is 0 Å². The topological polar surface area (TPSA) is 93.6 Å². The summed E-state index contributed by atoms with van der Waals surface area (Å²) >= 11 is 0. The van der Waals surface area contributed by atoms with E-state index in [2.05, 4.69) is 4.74 Å². The molecule has 1 fully saturated rings. The Morgan fingerprint density at radius 3 is 2.70 bits per heavy atom. The fourth-order valence-corrected chi connectivity index (χ4v) is 2.14. The Morgan fingerprint density at radius 2 is 2.13 bits per heavy atom. The van der Waals surface area contributed by atoms with Crippen molar-refractivity contribution in [2.45, 2.75) is 37.7 Å². The molecule has 1 aromatic rings. The van der Waals surface area contributed by atoms with E-state index in [1.54, 1.807) is 0 Å². The van der Waals surface area contributed by atoms with Crippen LogP contribution in [0.1, 0.15) is 18.2 Å². The summed E-state index contributed by atoms with van der Waals surface area (Å²) in [6.45, 7) is -2.81. The molecule has 0 spiro atoms. The van der Waals surface area contributed by atoms with Gasteiger partial charge in [-0.2, -0.15) is 13.2 Å². The van der Waals surface area contributed by atoms with Gasteiger partial charge in [-0.05, 0) is 0 Å². The van der Waals surface area contributed by atoms with Gasteiger partial charge in [-0.3, -0.25) is 14.3 Å². The summed E-state index contributed by atoms with van der Waals surface area (Å²) in [4.78, 5) is 25.2. The molecule has 0 amide bonds. The molecule has 2 N–H and O–H groups in total. The normalized spacial score (nSPS) is 25.0. The van der Waals surface area contributed by atoms with Crippen molar-refractivity contribution in [3.63, 3.8) is 0 Å². The van der Waals surface area contributed by atoms with Gasteiger partial charge in [-0.1, -0.05) is 0 Å². The number of halogens is 4. The first kappa shape index (κ1) is 17.6. The number of H-pyrrole nitrogens is 1. The largest absolute Gasteiger partial charge is 0.411 e. The Hall–Kier alpha value is -1.72. The van der Waals surface area contributed by atoms with E-state index in [0.29, 0.717) is 0 Å². The quantitative estimate of drug-likeness (QED) is 0.748. The maximum absolute atomic E-state index is 13.5. The average molecular weight is 342 g/mol. The molecule has 1 saturated heterocycles. The van der Waals surface area contributed by atoms with Crippen LogP contribution < -0.4 is 11.2 Å². The van der Waals surface area contributed by atoms with Crippen LogP contribution in [0.15, 0.2) is 15.8 Å². The molecule has 23 heavy (non-hydrogen) atoms. The van der Waals surface area contributed by atoms with Crippen molar-refractivity contribution in [3.8, 4) is 0 Å². The maximum Gasteiger partial charge on any atom is 0.411 e. The Bertz CT molecular complexity index is 656. The molecule has 3 atom stereocenters. The van der Waals surface area contributed by atoms with Crippen LogP contribution in [0.4, 0.5) is 17.6 Å². The molecular formula is C12H14F4N2O5. The number of alkyl halides is 4. The first-order valence-electron chi connectivity index (χ1n) is 6.60. The summed E-state index contributed by atoms with van der Waals surface area (Å²) < 4.78 is 60.0. The lowest BCUT2D eigenvalue weighted by atomic mass is 10.2. The predicted octanol–water partition coefficient (Wildman–Crippen LogP) is 0.233. The second kappa shape index (κ2) is 6.81. The molecule has 1 aromatic heterocycles. The first-order valence-corrected chi connectivity index (χ1v) is 6.60. The molecule has 7 nitrogen and oxygen atoms in total. The lowest BCUT2D eigenvalue weighted by Gasteiger charge is -2.15. The van der Waals surface area contributed by atoms with E-state index in [0.717, 1.165) is 10.8 Å². The van der Waals surface area contributed by atoms with Crippen LogP contribution in [0, 0.1) is 0 Å².